The number of para-hydroxylation sites is 1. The lowest BCUT2D eigenvalue weighted by molar-refractivity contribution is 0.0240. The summed E-state index contributed by atoms with van der Waals surface area (Å²) >= 11 is 0. The van der Waals surface area contributed by atoms with E-state index >= 15 is 0 Å². The third-order valence-electron chi connectivity index (χ3n) is 3.57. The molecule has 0 N–H and O–H groups in total. The van der Waals surface area contributed by atoms with Gasteiger partial charge in [0.05, 0.1) is 6.54 Å². The Balaban J connectivity index is 1.99. The summed E-state index contributed by atoms with van der Waals surface area (Å²) in [5.41, 5.74) is 10.1. The Morgan fingerprint density at radius 1 is 1.26 bits per heavy atom. The summed E-state index contributed by atoms with van der Waals surface area (Å²) < 4.78 is 5.41. The van der Waals surface area contributed by atoms with Crippen molar-refractivity contribution in [1.82, 2.24) is 4.90 Å². The van der Waals surface area contributed by atoms with Crippen molar-refractivity contribution >= 4 is 11.8 Å². The van der Waals surface area contributed by atoms with Crippen LogP contribution < -0.4 is 4.90 Å². The van der Waals surface area contributed by atoms with Gasteiger partial charge in [-0.3, -0.25) is 0 Å². The summed E-state index contributed by atoms with van der Waals surface area (Å²) in [5, 5.41) is 3.65. The molecule has 0 bridgehead atoms. The number of amides is 1. The molecule has 124 valence electrons. The SMILES string of the molecule is CC(C)(C)OC(=O)N1CCN(c2ccccc2CN=[N+]=[N-])CC1. The van der Waals surface area contributed by atoms with Gasteiger partial charge in [0.1, 0.15) is 5.60 Å². The van der Waals surface area contributed by atoms with Crippen LogP contribution in [0.3, 0.4) is 0 Å². The molecule has 1 fully saturated rings. The predicted molar refractivity (Wildman–Crippen MR) is 89.3 cm³/mol. The van der Waals surface area contributed by atoms with Gasteiger partial charge < -0.3 is 14.5 Å². The molecule has 1 amide bonds. The Hall–Kier alpha value is -2.40. The van der Waals surface area contributed by atoms with Crippen LogP contribution in [0.1, 0.15) is 26.3 Å². The summed E-state index contributed by atoms with van der Waals surface area (Å²) in [6.45, 7) is 8.63. The van der Waals surface area contributed by atoms with Crippen molar-refractivity contribution in [1.29, 1.82) is 0 Å². The molecule has 0 unspecified atom stereocenters. The molecule has 0 aromatic heterocycles. The molecule has 0 atom stereocenters. The molecule has 0 aliphatic carbocycles. The van der Waals surface area contributed by atoms with E-state index in [1.54, 1.807) is 4.90 Å². The summed E-state index contributed by atoms with van der Waals surface area (Å²) in [7, 11) is 0. The first-order valence-electron chi connectivity index (χ1n) is 7.72. The lowest BCUT2D eigenvalue weighted by atomic mass is 10.1. The molecule has 7 nitrogen and oxygen atoms in total. The van der Waals surface area contributed by atoms with Crippen LogP contribution in [0, 0.1) is 0 Å². The predicted octanol–water partition coefficient (Wildman–Crippen LogP) is 3.55. The first-order valence-corrected chi connectivity index (χ1v) is 7.72. The number of azide groups is 1. The van der Waals surface area contributed by atoms with E-state index in [2.05, 4.69) is 14.9 Å². The Morgan fingerprint density at radius 2 is 1.91 bits per heavy atom. The van der Waals surface area contributed by atoms with E-state index in [0.717, 1.165) is 24.3 Å². The van der Waals surface area contributed by atoms with Gasteiger partial charge in [-0.25, -0.2) is 4.79 Å². The number of nitrogens with zero attached hydrogens (tertiary/aromatic N) is 5. The highest BCUT2D eigenvalue weighted by atomic mass is 16.6. The van der Waals surface area contributed by atoms with Crippen LogP contribution >= 0.6 is 0 Å². The normalized spacial score (nSPS) is 15.1. The monoisotopic (exact) mass is 317 g/mol. The number of hydrogen-bond donors (Lipinski definition) is 0. The lowest BCUT2D eigenvalue weighted by Gasteiger charge is -2.37. The number of benzene rings is 1. The summed E-state index contributed by atoms with van der Waals surface area (Å²) in [6, 6.07) is 7.88. The number of hydrogen-bond acceptors (Lipinski definition) is 4. The molecule has 1 aromatic rings. The Morgan fingerprint density at radius 3 is 2.52 bits per heavy atom. The number of piperazine rings is 1. The van der Waals surface area contributed by atoms with Crippen LogP contribution in [-0.2, 0) is 11.3 Å². The molecule has 7 heteroatoms. The first-order chi connectivity index (χ1) is 10.9. The molecule has 1 aromatic carbocycles. The highest BCUT2D eigenvalue weighted by Gasteiger charge is 2.26. The number of carbonyl (C=O) groups is 1. The van der Waals surface area contributed by atoms with Crippen LogP contribution in [0.15, 0.2) is 29.4 Å². The third kappa shape index (κ3) is 4.79. The van der Waals surface area contributed by atoms with Crippen LogP contribution in [0.4, 0.5) is 10.5 Å². The van der Waals surface area contributed by atoms with Gasteiger partial charge >= 0.3 is 6.09 Å². The van der Waals surface area contributed by atoms with Gasteiger partial charge in [0.2, 0.25) is 0 Å². The minimum atomic E-state index is -0.476. The summed E-state index contributed by atoms with van der Waals surface area (Å²) in [6.07, 6.45) is -0.264. The largest absolute Gasteiger partial charge is 0.444 e. The van der Waals surface area contributed by atoms with E-state index in [0.29, 0.717) is 19.6 Å². The van der Waals surface area contributed by atoms with Crippen molar-refractivity contribution in [3.8, 4) is 0 Å². The molecule has 1 heterocycles. The van der Waals surface area contributed by atoms with Crippen LogP contribution in [0.25, 0.3) is 10.4 Å². The van der Waals surface area contributed by atoms with Crippen molar-refractivity contribution in [2.45, 2.75) is 32.9 Å². The molecule has 2 rings (SSSR count). The maximum Gasteiger partial charge on any atom is 0.410 e. The Kier molecular flexibility index (Phi) is 5.34. The van der Waals surface area contributed by atoms with Gasteiger partial charge in [-0.05, 0) is 37.9 Å². The van der Waals surface area contributed by atoms with Gasteiger partial charge in [-0.2, -0.15) is 0 Å². The smallest absolute Gasteiger partial charge is 0.410 e. The van der Waals surface area contributed by atoms with Crippen LogP contribution in [-0.4, -0.2) is 42.8 Å². The third-order valence-corrected chi connectivity index (χ3v) is 3.57. The van der Waals surface area contributed by atoms with Gasteiger partial charge in [-0.1, -0.05) is 23.3 Å². The molecule has 1 saturated heterocycles. The zero-order valence-electron chi connectivity index (χ0n) is 13.9. The first kappa shape index (κ1) is 17.0. The van der Waals surface area contributed by atoms with Gasteiger partial charge in [0.15, 0.2) is 0 Å². The summed E-state index contributed by atoms with van der Waals surface area (Å²) in [5.74, 6) is 0. The average Bonchev–Trinajstić information content (AvgIpc) is 2.52. The molecule has 23 heavy (non-hydrogen) atoms. The minimum Gasteiger partial charge on any atom is -0.444 e. The second-order valence-corrected chi connectivity index (χ2v) is 6.47. The molecule has 1 aliphatic rings. The second-order valence-electron chi connectivity index (χ2n) is 6.47. The fourth-order valence-corrected chi connectivity index (χ4v) is 2.52. The van der Waals surface area contributed by atoms with Crippen molar-refractivity contribution in [3.05, 3.63) is 40.3 Å². The molecule has 1 aliphatic heterocycles. The van der Waals surface area contributed by atoms with E-state index in [1.807, 2.05) is 45.0 Å². The molecular weight excluding hydrogens is 294 g/mol. The standard InChI is InChI=1S/C16H23N5O2/c1-16(2,3)23-15(22)21-10-8-20(9-11-21)14-7-5-4-6-13(14)12-18-19-17/h4-7H,8-12H2,1-3H3. The van der Waals surface area contributed by atoms with Crippen molar-refractivity contribution < 1.29 is 9.53 Å². The topological polar surface area (TPSA) is 81.5 Å². The van der Waals surface area contributed by atoms with Crippen molar-refractivity contribution in [2.24, 2.45) is 5.11 Å². The average molecular weight is 317 g/mol. The van der Waals surface area contributed by atoms with E-state index in [9.17, 15) is 4.79 Å². The number of ether oxygens (including phenoxy) is 1. The minimum absolute atomic E-state index is 0.264. The van der Waals surface area contributed by atoms with E-state index < -0.39 is 5.60 Å². The number of rotatable bonds is 3. The van der Waals surface area contributed by atoms with Gasteiger partial charge in [-0.15, -0.1) is 0 Å². The number of anilines is 1. The van der Waals surface area contributed by atoms with Crippen molar-refractivity contribution in [3.63, 3.8) is 0 Å². The molecule has 0 spiro atoms. The Labute approximate surface area is 136 Å². The Bertz CT molecular complexity index is 597. The summed E-state index contributed by atoms with van der Waals surface area (Å²) in [4.78, 5) is 18.9. The fraction of sp³-hybridized carbons (Fsp3) is 0.562. The zero-order valence-corrected chi connectivity index (χ0v) is 13.9. The van der Waals surface area contributed by atoms with Gasteiger partial charge in [0, 0.05) is 36.8 Å². The zero-order chi connectivity index (χ0) is 16.9. The van der Waals surface area contributed by atoms with E-state index in [4.69, 9.17) is 10.3 Å². The highest BCUT2D eigenvalue weighted by molar-refractivity contribution is 5.68. The van der Waals surface area contributed by atoms with Crippen LogP contribution in [0.5, 0.6) is 0 Å². The molecule has 0 radical (unpaired) electrons. The molecular formula is C16H23N5O2. The van der Waals surface area contributed by atoms with E-state index in [1.165, 1.54) is 0 Å². The maximum atomic E-state index is 12.1. The fourth-order valence-electron chi connectivity index (χ4n) is 2.52. The number of carbonyl (C=O) groups excluding carboxylic acids is 1. The van der Waals surface area contributed by atoms with E-state index in [-0.39, 0.29) is 6.09 Å². The van der Waals surface area contributed by atoms with Crippen molar-refractivity contribution in [2.75, 3.05) is 31.1 Å². The second kappa shape index (κ2) is 7.24. The van der Waals surface area contributed by atoms with Gasteiger partial charge in [0.25, 0.3) is 0 Å². The van der Waals surface area contributed by atoms with Crippen LogP contribution in [0.2, 0.25) is 0 Å². The maximum absolute atomic E-state index is 12.1. The molecule has 0 saturated carbocycles. The quantitative estimate of drug-likeness (QED) is 0.485. The lowest BCUT2D eigenvalue weighted by Crippen LogP contribution is -2.50. The highest BCUT2D eigenvalue weighted by Crippen LogP contribution is 2.23.